The summed E-state index contributed by atoms with van der Waals surface area (Å²) in [7, 11) is -2.11. The number of aromatic amines is 1. The van der Waals surface area contributed by atoms with Crippen LogP contribution < -0.4 is 10.2 Å². The fourth-order valence-corrected chi connectivity index (χ4v) is 6.17. The Hall–Kier alpha value is -3.32. The summed E-state index contributed by atoms with van der Waals surface area (Å²) >= 11 is 0. The van der Waals surface area contributed by atoms with Crippen molar-refractivity contribution in [2.24, 2.45) is 7.05 Å². The minimum Gasteiger partial charge on any atom is -0.346 e. The van der Waals surface area contributed by atoms with Crippen LogP contribution in [0.15, 0.2) is 29.6 Å². The number of carbonyl (C=O) groups excluding carboxylic acids is 1. The minimum absolute atomic E-state index is 0.125. The van der Waals surface area contributed by atoms with Gasteiger partial charge in [0.1, 0.15) is 10.6 Å². The molecule has 180 valence electrons. The van der Waals surface area contributed by atoms with Crippen molar-refractivity contribution in [2.75, 3.05) is 24.5 Å². The molecule has 5 heterocycles. The van der Waals surface area contributed by atoms with Crippen molar-refractivity contribution < 1.29 is 17.6 Å². The Balaban J connectivity index is 1.30. The molecule has 3 aromatic heterocycles. The molecule has 3 aromatic rings. The Morgan fingerprint density at radius 1 is 1.24 bits per heavy atom. The third kappa shape index (κ3) is 3.94. The van der Waals surface area contributed by atoms with Crippen molar-refractivity contribution in [3.63, 3.8) is 0 Å². The van der Waals surface area contributed by atoms with Crippen LogP contribution in [-0.4, -0.2) is 69.0 Å². The zero-order valence-electron chi connectivity index (χ0n) is 18.8. The topological polar surface area (TPSA) is 129 Å². The normalized spacial score (nSPS) is 18.8. The SMILES string of the molecule is Cc1c(S(=O)(=O)N2CCc3[nH]ncc3C2)cc(C(=O)N[C@@H]2CCN(c3ncc(F)cn3)C2)n1C. The standard InChI is InChI=1S/C21H25FN8O3S/c1-13-19(34(32,33)30-6-4-17-14(11-30)8-25-27-17)7-18(28(13)2)20(31)26-16-3-5-29(12-16)21-23-9-15(22)10-24-21/h7-10,16H,3-6,11-12H2,1-2H3,(H,25,27)(H,26,31)/t16-/m1/s1. The minimum atomic E-state index is -3.79. The highest BCUT2D eigenvalue weighted by atomic mass is 32.2. The summed E-state index contributed by atoms with van der Waals surface area (Å²) in [6.07, 6.45) is 5.10. The molecule has 2 aliphatic heterocycles. The van der Waals surface area contributed by atoms with E-state index in [1.165, 1.54) is 10.4 Å². The second-order valence-electron chi connectivity index (χ2n) is 8.61. The lowest BCUT2D eigenvalue weighted by Crippen LogP contribution is -2.38. The van der Waals surface area contributed by atoms with E-state index < -0.39 is 15.8 Å². The Morgan fingerprint density at radius 3 is 2.76 bits per heavy atom. The number of anilines is 1. The monoisotopic (exact) mass is 488 g/mol. The van der Waals surface area contributed by atoms with Crippen molar-refractivity contribution in [1.82, 2.24) is 34.4 Å². The van der Waals surface area contributed by atoms with E-state index >= 15 is 0 Å². The van der Waals surface area contributed by atoms with Gasteiger partial charge < -0.3 is 14.8 Å². The molecule has 0 aromatic carbocycles. The highest BCUT2D eigenvalue weighted by Gasteiger charge is 2.34. The third-order valence-corrected chi connectivity index (χ3v) is 8.48. The molecule has 2 N–H and O–H groups in total. The Morgan fingerprint density at radius 2 is 2.00 bits per heavy atom. The summed E-state index contributed by atoms with van der Waals surface area (Å²) in [5.41, 5.74) is 2.58. The number of hydrogen-bond donors (Lipinski definition) is 2. The van der Waals surface area contributed by atoms with Crippen molar-refractivity contribution in [3.05, 3.63) is 53.1 Å². The Bertz CT molecular complexity index is 1330. The summed E-state index contributed by atoms with van der Waals surface area (Å²) < 4.78 is 42.9. The van der Waals surface area contributed by atoms with Crippen LogP contribution >= 0.6 is 0 Å². The Kier molecular flexibility index (Phi) is 5.60. The fraction of sp³-hybridized carbons (Fsp3) is 0.429. The van der Waals surface area contributed by atoms with Crippen LogP contribution in [0.25, 0.3) is 0 Å². The molecule has 2 aliphatic rings. The second-order valence-corrected chi connectivity index (χ2v) is 10.5. The van der Waals surface area contributed by atoms with Gasteiger partial charge in [-0.25, -0.2) is 22.8 Å². The van der Waals surface area contributed by atoms with Crippen molar-refractivity contribution >= 4 is 21.9 Å². The average Bonchev–Trinajstić information content (AvgIpc) is 3.54. The predicted octanol–water partition coefficient (Wildman–Crippen LogP) is 0.741. The van der Waals surface area contributed by atoms with Crippen molar-refractivity contribution in [1.29, 1.82) is 0 Å². The number of nitrogens with zero attached hydrogens (tertiary/aromatic N) is 6. The summed E-state index contributed by atoms with van der Waals surface area (Å²) in [5, 5.41) is 9.88. The zero-order valence-corrected chi connectivity index (χ0v) is 19.6. The lowest BCUT2D eigenvalue weighted by molar-refractivity contribution is 0.0932. The molecule has 1 saturated heterocycles. The van der Waals surface area contributed by atoms with E-state index in [0.29, 0.717) is 44.1 Å². The smallest absolute Gasteiger partial charge is 0.268 e. The predicted molar refractivity (Wildman–Crippen MR) is 120 cm³/mol. The number of halogens is 1. The van der Waals surface area contributed by atoms with Gasteiger partial charge in [0, 0.05) is 62.6 Å². The van der Waals surface area contributed by atoms with Crippen LogP contribution in [0, 0.1) is 12.7 Å². The second kappa shape index (κ2) is 8.47. The maximum atomic E-state index is 13.4. The number of carbonyl (C=O) groups is 1. The van der Waals surface area contributed by atoms with Crippen LogP contribution in [0.3, 0.4) is 0 Å². The quantitative estimate of drug-likeness (QED) is 0.542. The molecule has 0 aliphatic carbocycles. The summed E-state index contributed by atoms with van der Waals surface area (Å²) in [6, 6.07) is 1.28. The number of H-pyrrole nitrogens is 1. The highest BCUT2D eigenvalue weighted by Crippen LogP contribution is 2.28. The van der Waals surface area contributed by atoms with Crippen LogP contribution in [-0.2, 0) is 30.0 Å². The van der Waals surface area contributed by atoms with Crippen LogP contribution in [0.4, 0.5) is 10.3 Å². The van der Waals surface area contributed by atoms with E-state index in [9.17, 15) is 17.6 Å². The van der Waals surface area contributed by atoms with Gasteiger partial charge in [0.15, 0.2) is 5.82 Å². The van der Waals surface area contributed by atoms with Gasteiger partial charge in [-0.1, -0.05) is 0 Å². The van der Waals surface area contributed by atoms with E-state index in [1.807, 2.05) is 4.90 Å². The molecular formula is C21H25FN8O3S. The van der Waals surface area contributed by atoms with Gasteiger partial charge in [-0.2, -0.15) is 9.40 Å². The first-order chi connectivity index (χ1) is 16.2. The van der Waals surface area contributed by atoms with Crippen LogP contribution in [0.2, 0.25) is 0 Å². The summed E-state index contributed by atoms with van der Waals surface area (Å²) in [4.78, 5) is 23.0. The largest absolute Gasteiger partial charge is 0.346 e. The molecule has 0 radical (unpaired) electrons. The molecule has 1 fully saturated rings. The molecule has 1 amide bonds. The molecule has 0 spiro atoms. The van der Waals surface area contributed by atoms with Gasteiger partial charge >= 0.3 is 0 Å². The number of fused-ring (bicyclic) bond motifs is 1. The number of aromatic nitrogens is 5. The number of sulfonamides is 1. The molecule has 13 heteroatoms. The molecule has 34 heavy (non-hydrogen) atoms. The summed E-state index contributed by atoms with van der Waals surface area (Å²) in [6.45, 7) is 3.38. The van der Waals surface area contributed by atoms with E-state index in [2.05, 4.69) is 25.5 Å². The van der Waals surface area contributed by atoms with E-state index in [-0.39, 0.29) is 29.1 Å². The molecule has 0 saturated carbocycles. The molecular weight excluding hydrogens is 463 g/mol. The van der Waals surface area contributed by atoms with Gasteiger partial charge in [0.25, 0.3) is 5.91 Å². The van der Waals surface area contributed by atoms with Gasteiger partial charge in [-0.05, 0) is 19.4 Å². The van der Waals surface area contributed by atoms with E-state index in [1.54, 1.807) is 24.7 Å². The Labute approximate surface area is 196 Å². The maximum Gasteiger partial charge on any atom is 0.268 e. The fourth-order valence-electron chi connectivity index (χ4n) is 4.48. The molecule has 5 rings (SSSR count). The van der Waals surface area contributed by atoms with Crippen molar-refractivity contribution in [3.8, 4) is 0 Å². The maximum absolute atomic E-state index is 13.4. The molecule has 0 unspecified atom stereocenters. The van der Waals surface area contributed by atoms with Gasteiger partial charge in [0.2, 0.25) is 16.0 Å². The summed E-state index contributed by atoms with van der Waals surface area (Å²) in [5.74, 6) is -0.453. The molecule has 1 atom stereocenters. The lowest BCUT2D eigenvalue weighted by Gasteiger charge is -2.25. The van der Waals surface area contributed by atoms with Crippen molar-refractivity contribution in [2.45, 2.75) is 37.2 Å². The lowest BCUT2D eigenvalue weighted by atomic mass is 10.1. The average molecular weight is 489 g/mol. The van der Waals surface area contributed by atoms with Crippen LogP contribution in [0.1, 0.15) is 33.9 Å². The van der Waals surface area contributed by atoms with E-state index in [0.717, 1.165) is 23.7 Å². The first-order valence-electron chi connectivity index (χ1n) is 10.9. The first-order valence-corrected chi connectivity index (χ1v) is 12.4. The number of amides is 1. The number of nitrogens with one attached hydrogen (secondary N) is 2. The van der Waals surface area contributed by atoms with E-state index in [4.69, 9.17) is 0 Å². The highest BCUT2D eigenvalue weighted by molar-refractivity contribution is 7.89. The van der Waals surface area contributed by atoms with Gasteiger partial charge in [-0.3, -0.25) is 9.89 Å². The third-order valence-electron chi connectivity index (χ3n) is 6.52. The zero-order chi connectivity index (χ0) is 24.0. The van der Waals surface area contributed by atoms with Gasteiger partial charge in [-0.15, -0.1) is 0 Å². The van der Waals surface area contributed by atoms with Gasteiger partial charge in [0.05, 0.1) is 18.6 Å². The van der Waals surface area contributed by atoms with Crippen LogP contribution in [0.5, 0.6) is 0 Å². The molecule has 11 nitrogen and oxygen atoms in total. The number of hydrogen-bond acceptors (Lipinski definition) is 7. The number of rotatable bonds is 5. The molecule has 0 bridgehead atoms. The first kappa shape index (κ1) is 22.5.